The molecule has 0 radical (unpaired) electrons. The Hall–Kier alpha value is -3.53. The van der Waals surface area contributed by atoms with Crippen molar-refractivity contribution in [3.63, 3.8) is 0 Å². The normalized spacial score (nSPS) is 20.4. The number of aliphatic hydroxyl groups is 1. The van der Waals surface area contributed by atoms with E-state index in [1.54, 1.807) is 21.8 Å². The number of aromatic nitrogens is 1. The van der Waals surface area contributed by atoms with Crippen molar-refractivity contribution in [2.24, 2.45) is 5.92 Å². The summed E-state index contributed by atoms with van der Waals surface area (Å²) in [6.45, 7) is 1.47. The summed E-state index contributed by atoms with van der Waals surface area (Å²) in [6.07, 6.45) is 7.79. The number of aryl methyl sites for hydroxylation is 2. The van der Waals surface area contributed by atoms with Crippen molar-refractivity contribution in [2.75, 3.05) is 42.4 Å². The molecule has 4 amide bonds. The van der Waals surface area contributed by atoms with Gasteiger partial charge in [0.1, 0.15) is 12.4 Å². The van der Waals surface area contributed by atoms with E-state index in [2.05, 4.69) is 22.1 Å². The zero-order chi connectivity index (χ0) is 24.9. The van der Waals surface area contributed by atoms with E-state index in [9.17, 15) is 19.5 Å². The van der Waals surface area contributed by atoms with Gasteiger partial charge >= 0.3 is 6.03 Å². The van der Waals surface area contributed by atoms with E-state index in [1.807, 2.05) is 17.0 Å². The van der Waals surface area contributed by atoms with Gasteiger partial charge in [0.15, 0.2) is 0 Å². The first-order valence-corrected chi connectivity index (χ1v) is 12.8. The van der Waals surface area contributed by atoms with Crippen molar-refractivity contribution in [1.29, 1.82) is 0 Å². The third-order valence-electron chi connectivity index (χ3n) is 7.79. The van der Waals surface area contributed by atoms with Gasteiger partial charge in [-0.15, -0.1) is 0 Å². The van der Waals surface area contributed by atoms with Crippen LogP contribution in [0.25, 0.3) is 0 Å². The van der Waals surface area contributed by atoms with Crippen LogP contribution in [0.15, 0.2) is 30.5 Å². The minimum atomic E-state index is -1.02. The van der Waals surface area contributed by atoms with Crippen LogP contribution in [0.1, 0.15) is 53.7 Å². The second-order valence-corrected chi connectivity index (χ2v) is 10.5. The molecular weight excluding hydrogens is 460 g/mol. The van der Waals surface area contributed by atoms with Crippen molar-refractivity contribution in [3.8, 4) is 0 Å². The highest BCUT2D eigenvalue weighted by molar-refractivity contribution is 6.01. The van der Waals surface area contributed by atoms with E-state index in [4.69, 9.17) is 0 Å². The summed E-state index contributed by atoms with van der Waals surface area (Å²) in [5.74, 6) is 0.159. The maximum Gasteiger partial charge on any atom is 0.323 e. The molecule has 0 spiro atoms. The minimum Gasteiger partial charge on any atom is -0.388 e. The van der Waals surface area contributed by atoms with Crippen molar-refractivity contribution in [2.45, 2.75) is 50.5 Å². The Kier molecular flexibility index (Phi) is 5.63. The molecule has 1 aromatic carbocycles. The van der Waals surface area contributed by atoms with Crippen LogP contribution < -0.4 is 16.1 Å². The van der Waals surface area contributed by atoms with E-state index >= 15 is 0 Å². The van der Waals surface area contributed by atoms with Crippen LogP contribution in [0, 0.1) is 5.92 Å². The number of amides is 4. The molecule has 1 saturated carbocycles. The smallest absolute Gasteiger partial charge is 0.323 e. The van der Waals surface area contributed by atoms with E-state index in [0.717, 1.165) is 37.8 Å². The molecule has 4 N–H and O–H groups in total. The molecule has 10 nitrogen and oxygen atoms in total. The first-order valence-electron chi connectivity index (χ1n) is 12.8. The molecule has 190 valence electrons. The molecule has 10 heteroatoms. The highest BCUT2D eigenvalue weighted by Crippen LogP contribution is 2.33. The highest BCUT2D eigenvalue weighted by Gasteiger charge is 2.41. The molecule has 2 aromatic rings. The van der Waals surface area contributed by atoms with E-state index in [0.29, 0.717) is 37.3 Å². The molecule has 2 fully saturated rings. The zero-order valence-corrected chi connectivity index (χ0v) is 20.3. The van der Waals surface area contributed by atoms with E-state index < -0.39 is 5.60 Å². The predicted octanol–water partition coefficient (Wildman–Crippen LogP) is 2.34. The first kappa shape index (κ1) is 22.9. The number of hydrogen-bond donors (Lipinski definition) is 4. The van der Waals surface area contributed by atoms with Crippen LogP contribution in [0.3, 0.4) is 0 Å². The lowest BCUT2D eigenvalue weighted by atomic mass is 9.90. The van der Waals surface area contributed by atoms with Gasteiger partial charge < -0.3 is 31.0 Å². The fourth-order valence-corrected chi connectivity index (χ4v) is 5.54. The monoisotopic (exact) mass is 492 g/mol. The number of benzene rings is 1. The lowest BCUT2D eigenvalue weighted by molar-refractivity contribution is -0.137. The molecule has 3 heterocycles. The highest BCUT2D eigenvalue weighted by atomic mass is 16.3. The fraction of sp³-hybridized carbons (Fsp3) is 0.500. The van der Waals surface area contributed by atoms with Gasteiger partial charge in [0.2, 0.25) is 5.91 Å². The van der Waals surface area contributed by atoms with E-state index in [1.165, 1.54) is 11.1 Å². The second-order valence-electron chi connectivity index (χ2n) is 10.5. The second kappa shape index (κ2) is 8.85. The van der Waals surface area contributed by atoms with Gasteiger partial charge in [-0.1, -0.05) is 6.07 Å². The van der Waals surface area contributed by atoms with E-state index in [-0.39, 0.29) is 37.0 Å². The number of fused-ring (bicyclic) bond motifs is 2. The van der Waals surface area contributed by atoms with Gasteiger partial charge in [0.05, 0.1) is 24.0 Å². The number of urea groups is 1. The van der Waals surface area contributed by atoms with Crippen molar-refractivity contribution in [1.82, 2.24) is 14.5 Å². The number of piperidine rings is 1. The molecule has 2 aliphatic heterocycles. The molecule has 1 saturated heterocycles. The molecule has 0 unspecified atom stereocenters. The maximum absolute atomic E-state index is 13.2. The SMILES string of the molecule is O=C(Nc1ccc2c(c1)CCC2)Nc1cc2n(c1)NCN(CC1(O)CCN(C(=O)C3CC3)CC1)C2=O. The Labute approximate surface area is 209 Å². The van der Waals surface area contributed by atoms with Gasteiger partial charge in [-0.05, 0) is 74.3 Å². The van der Waals surface area contributed by atoms with Gasteiger partial charge in [-0.3, -0.25) is 14.3 Å². The van der Waals surface area contributed by atoms with Gasteiger partial charge in [0, 0.05) is 24.7 Å². The number of nitrogens with zero attached hydrogens (tertiary/aromatic N) is 3. The number of anilines is 2. The summed E-state index contributed by atoms with van der Waals surface area (Å²) in [5.41, 5.74) is 6.38. The summed E-state index contributed by atoms with van der Waals surface area (Å²) < 4.78 is 1.60. The Morgan fingerprint density at radius 3 is 2.58 bits per heavy atom. The molecule has 6 rings (SSSR count). The Bertz CT molecular complexity index is 1210. The molecule has 1 aromatic heterocycles. The van der Waals surface area contributed by atoms with Gasteiger partial charge in [-0.25, -0.2) is 4.79 Å². The van der Waals surface area contributed by atoms with Gasteiger partial charge in [-0.2, -0.15) is 0 Å². The van der Waals surface area contributed by atoms with Crippen LogP contribution in [0.2, 0.25) is 0 Å². The number of rotatable bonds is 5. The maximum atomic E-state index is 13.2. The molecule has 0 atom stereocenters. The quantitative estimate of drug-likeness (QED) is 0.511. The fourth-order valence-electron chi connectivity index (χ4n) is 5.54. The predicted molar refractivity (Wildman–Crippen MR) is 134 cm³/mol. The zero-order valence-electron chi connectivity index (χ0n) is 20.3. The third kappa shape index (κ3) is 4.53. The summed E-state index contributed by atoms with van der Waals surface area (Å²) in [7, 11) is 0. The number of likely N-dealkylation sites (tertiary alicyclic amines) is 1. The molecular formula is C26H32N6O4. The van der Waals surface area contributed by atoms with Crippen molar-refractivity contribution >= 4 is 29.2 Å². The van der Waals surface area contributed by atoms with Crippen molar-refractivity contribution in [3.05, 3.63) is 47.3 Å². The van der Waals surface area contributed by atoms with Crippen LogP contribution in [-0.4, -0.2) is 69.3 Å². The minimum absolute atomic E-state index is 0.176. The summed E-state index contributed by atoms with van der Waals surface area (Å²) in [5, 5.41) is 16.8. The van der Waals surface area contributed by atoms with Crippen LogP contribution >= 0.6 is 0 Å². The first-order chi connectivity index (χ1) is 17.4. The average molecular weight is 493 g/mol. The number of hydrogen-bond acceptors (Lipinski definition) is 5. The molecule has 36 heavy (non-hydrogen) atoms. The lowest BCUT2D eigenvalue weighted by Crippen LogP contribution is -2.56. The standard InChI is InChI=1S/C26H32N6O4/c33-23(18-4-5-18)30-10-8-26(36,9-11-30)15-31-16-27-32-14-21(13-22(32)24(31)34)29-25(35)28-20-7-6-17-2-1-3-19(17)12-20/h6-7,12-14,18,27,36H,1-5,8-11,15-16H2,(H2,28,29,35). The topological polar surface area (TPSA) is 119 Å². The molecule has 4 aliphatic rings. The van der Waals surface area contributed by atoms with Crippen LogP contribution in [0.5, 0.6) is 0 Å². The average Bonchev–Trinajstić information content (AvgIpc) is 3.46. The molecule has 2 aliphatic carbocycles. The third-order valence-corrected chi connectivity index (χ3v) is 7.79. The van der Waals surface area contributed by atoms with Crippen LogP contribution in [0.4, 0.5) is 16.2 Å². The number of carbonyl (C=O) groups is 3. The number of β-amino-alcohol motifs (C(OH)–C–C–N with tert-alkyl or cyclic N) is 1. The Morgan fingerprint density at radius 2 is 1.81 bits per heavy atom. The van der Waals surface area contributed by atoms with Crippen LogP contribution in [-0.2, 0) is 17.6 Å². The van der Waals surface area contributed by atoms with Crippen molar-refractivity contribution < 1.29 is 19.5 Å². The van der Waals surface area contributed by atoms with Gasteiger partial charge in [0.25, 0.3) is 5.91 Å². The largest absolute Gasteiger partial charge is 0.388 e. The number of nitrogens with one attached hydrogen (secondary N) is 3. The Morgan fingerprint density at radius 1 is 1.06 bits per heavy atom. The summed E-state index contributed by atoms with van der Waals surface area (Å²) >= 11 is 0. The lowest BCUT2D eigenvalue weighted by Gasteiger charge is -2.42. The summed E-state index contributed by atoms with van der Waals surface area (Å²) in [4.78, 5) is 41.5. The Balaban J connectivity index is 1.05. The molecule has 0 bridgehead atoms. The number of carbonyl (C=O) groups excluding carboxylic acids is 3. The summed E-state index contributed by atoms with van der Waals surface area (Å²) in [6, 6.07) is 7.25.